The molecule has 2 fully saturated rings. The molecule has 0 bridgehead atoms. The third kappa shape index (κ3) is 4.42. The van der Waals surface area contributed by atoms with Crippen LogP contribution in [0.15, 0.2) is 36.4 Å². The summed E-state index contributed by atoms with van der Waals surface area (Å²) < 4.78 is 7.21. The Labute approximate surface area is 170 Å². The Hall–Kier alpha value is -1.83. The highest BCUT2D eigenvalue weighted by molar-refractivity contribution is 7.99. The Morgan fingerprint density at radius 2 is 2.00 bits per heavy atom. The molecule has 0 unspecified atom stereocenters. The van der Waals surface area contributed by atoms with Gasteiger partial charge in [0.05, 0.1) is 24.9 Å². The van der Waals surface area contributed by atoms with E-state index in [1.165, 1.54) is 0 Å². The maximum Gasteiger partial charge on any atom is 0.272 e. The van der Waals surface area contributed by atoms with Gasteiger partial charge in [-0.25, -0.2) is 0 Å². The minimum absolute atomic E-state index is 0.0953. The summed E-state index contributed by atoms with van der Waals surface area (Å²) in [6.07, 6.45) is 1.04. The quantitative estimate of drug-likeness (QED) is 0.789. The topological polar surface area (TPSA) is 50.6 Å². The molecule has 0 N–H and O–H groups in total. The van der Waals surface area contributed by atoms with Crippen molar-refractivity contribution in [2.24, 2.45) is 7.05 Å². The van der Waals surface area contributed by atoms with E-state index in [-0.39, 0.29) is 11.9 Å². The van der Waals surface area contributed by atoms with Crippen molar-refractivity contribution in [3.8, 4) is 11.3 Å². The van der Waals surface area contributed by atoms with Crippen molar-refractivity contribution in [3.05, 3.63) is 42.1 Å². The SMILES string of the molecule is Cn1nc(-c2ccccc2)cc1C(=O)N1CCCSC[C@H]1CN1CCOCC1. The number of rotatable bonds is 4. The Kier molecular flexibility index (Phi) is 6.34. The van der Waals surface area contributed by atoms with E-state index < -0.39 is 0 Å². The Bertz CT molecular complexity index is 789. The van der Waals surface area contributed by atoms with Crippen LogP contribution in [0, 0.1) is 0 Å². The molecule has 4 rings (SSSR count). The molecule has 7 heteroatoms. The smallest absolute Gasteiger partial charge is 0.272 e. The normalized spacial score (nSPS) is 21.5. The van der Waals surface area contributed by atoms with E-state index in [1.807, 2.05) is 55.2 Å². The zero-order valence-electron chi connectivity index (χ0n) is 16.4. The number of hydrogen-bond donors (Lipinski definition) is 0. The molecular weight excluding hydrogens is 372 g/mol. The predicted octanol–water partition coefficient (Wildman–Crippen LogP) is 2.37. The Balaban J connectivity index is 1.54. The molecule has 0 spiro atoms. The van der Waals surface area contributed by atoms with Gasteiger partial charge in [-0.3, -0.25) is 14.4 Å². The fourth-order valence-electron chi connectivity index (χ4n) is 3.89. The molecule has 0 saturated carbocycles. The summed E-state index contributed by atoms with van der Waals surface area (Å²) in [6, 6.07) is 12.2. The van der Waals surface area contributed by atoms with Gasteiger partial charge in [0.15, 0.2) is 0 Å². The van der Waals surface area contributed by atoms with Gasteiger partial charge in [0.2, 0.25) is 0 Å². The van der Waals surface area contributed by atoms with Crippen molar-refractivity contribution in [2.45, 2.75) is 12.5 Å². The lowest BCUT2D eigenvalue weighted by molar-refractivity contribution is 0.0243. The van der Waals surface area contributed by atoms with Gasteiger partial charge in [0, 0.05) is 44.5 Å². The molecule has 2 aromatic rings. The van der Waals surface area contributed by atoms with Crippen molar-refractivity contribution in [3.63, 3.8) is 0 Å². The van der Waals surface area contributed by atoms with Crippen LogP contribution in [0.25, 0.3) is 11.3 Å². The molecule has 2 aliphatic heterocycles. The Morgan fingerprint density at radius 1 is 1.21 bits per heavy atom. The maximum absolute atomic E-state index is 13.5. The van der Waals surface area contributed by atoms with Crippen LogP contribution < -0.4 is 0 Å². The second-order valence-electron chi connectivity index (χ2n) is 7.40. The first kappa shape index (κ1) is 19.5. The van der Waals surface area contributed by atoms with Gasteiger partial charge < -0.3 is 9.64 Å². The lowest BCUT2D eigenvalue weighted by atomic mass is 10.1. The molecule has 0 radical (unpaired) electrons. The lowest BCUT2D eigenvalue weighted by Crippen LogP contribution is -2.50. The monoisotopic (exact) mass is 400 g/mol. The molecule has 2 aliphatic rings. The maximum atomic E-state index is 13.5. The van der Waals surface area contributed by atoms with Gasteiger partial charge in [-0.15, -0.1) is 0 Å². The standard InChI is InChI=1S/C21H28N4O2S/c1-23-20(14-19(22-23)17-6-3-2-4-7-17)21(26)25-8-5-13-28-16-18(25)15-24-9-11-27-12-10-24/h2-4,6-7,14,18H,5,8-13,15-16H2,1H3/t18-/m1/s1. The van der Waals surface area contributed by atoms with E-state index in [9.17, 15) is 4.79 Å². The van der Waals surface area contributed by atoms with Crippen LogP contribution in [0.2, 0.25) is 0 Å². The molecule has 1 aromatic carbocycles. The summed E-state index contributed by atoms with van der Waals surface area (Å²) in [7, 11) is 1.86. The van der Waals surface area contributed by atoms with Gasteiger partial charge in [0.1, 0.15) is 5.69 Å². The first-order chi connectivity index (χ1) is 13.7. The van der Waals surface area contributed by atoms with Crippen LogP contribution in [0.1, 0.15) is 16.9 Å². The number of morpholine rings is 1. The van der Waals surface area contributed by atoms with Crippen molar-refractivity contribution in [1.82, 2.24) is 19.6 Å². The highest BCUT2D eigenvalue weighted by Crippen LogP contribution is 2.23. The van der Waals surface area contributed by atoms with Gasteiger partial charge in [0.25, 0.3) is 5.91 Å². The number of benzene rings is 1. The van der Waals surface area contributed by atoms with E-state index in [0.717, 1.165) is 68.6 Å². The van der Waals surface area contributed by atoms with Crippen LogP contribution in [-0.4, -0.2) is 82.4 Å². The molecule has 150 valence electrons. The summed E-state index contributed by atoms with van der Waals surface area (Å²) in [5, 5.41) is 4.60. The summed E-state index contributed by atoms with van der Waals surface area (Å²) in [5.41, 5.74) is 2.55. The molecule has 6 nitrogen and oxygen atoms in total. The summed E-state index contributed by atoms with van der Waals surface area (Å²) in [6.45, 7) is 5.21. The molecule has 1 amide bonds. The fraction of sp³-hybridized carbons (Fsp3) is 0.524. The number of aryl methyl sites for hydroxylation is 1. The van der Waals surface area contributed by atoms with E-state index in [1.54, 1.807) is 4.68 Å². The average molecular weight is 401 g/mol. The Morgan fingerprint density at radius 3 is 2.79 bits per heavy atom. The number of carbonyl (C=O) groups excluding carboxylic acids is 1. The first-order valence-corrected chi connectivity index (χ1v) is 11.2. The minimum atomic E-state index is 0.0953. The second kappa shape index (κ2) is 9.11. The number of carbonyl (C=O) groups is 1. The van der Waals surface area contributed by atoms with Crippen LogP contribution in [0.3, 0.4) is 0 Å². The molecule has 3 heterocycles. The van der Waals surface area contributed by atoms with E-state index in [0.29, 0.717) is 5.69 Å². The molecule has 1 atom stereocenters. The molecule has 2 saturated heterocycles. The number of ether oxygens (including phenoxy) is 1. The highest BCUT2D eigenvalue weighted by atomic mass is 32.2. The van der Waals surface area contributed by atoms with Crippen LogP contribution in [0.5, 0.6) is 0 Å². The number of thioether (sulfide) groups is 1. The average Bonchev–Trinajstić information content (AvgIpc) is 2.97. The third-order valence-corrected chi connectivity index (χ3v) is 6.64. The summed E-state index contributed by atoms with van der Waals surface area (Å²) in [4.78, 5) is 18.0. The van der Waals surface area contributed by atoms with E-state index >= 15 is 0 Å². The zero-order chi connectivity index (χ0) is 19.3. The largest absolute Gasteiger partial charge is 0.379 e. The fourth-order valence-corrected chi connectivity index (χ4v) is 4.95. The number of hydrogen-bond acceptors (Lipinski definition) is 5. The van der Waals surface area contributed by atoms with Gasteiger partial charge >= 0.3 is 0 Å². The van der Waals surface area contributed by atoms with Crippen LogP contribution in [-0.2, 0) is 11.8 Å². The molecule has 1 aromatic heterocycles. The van der Waals surface area contributed by atoms with Gasteiger partial charge in [-0.05, 0) is 18.2 Å². The number of nitrogens with zero attached hydrogens (tertiary/aromatic N) is 4. The predicted molar refractivity (Wildman–Crippen MR) is 113 cm³/mol. The second-order valence-corrected chi connectivity index (χ2v) is 8.55. The van der Waals surface area contributed by atoms with Crippen LogP contribution in [0.4, 0.5) is 0 Å². The van der Waals surface area contributed by atoms with Crippen molar-refractivity contribution in [2.75, 3.05) is 50.9 Å². The minimum Gasteiger partial charge on any atom is -0.379 e. The zero-order valence-corrected chi connectivity index (χ0v) is 17.2. The summed E-state index contributed by atoms with van der Waals surface area (Å²) >= 11 is 1.96. The van der Waals surface area contributed by atoms with Crippen LogP contribution >= 0.6 is 11.8 Å². The van der Waals surface area contributed by atoms with E-state index in [4.69, 9.17) is 4.74 Å². The van der Waals surface area contributed by atoms with Gasteiger partial charge in [-0.2, -0.15) is 16.9 Å². The molecular formula is C21H28N4O2S. The van der Waals surface area contributed by atoms with E-state index in [2.05, 4.69) is 14.9 Å². The van der Waals surface area contributed by atoms with Gasteiger partial charge in [-0.1, -0.05) is 30.3 Å². The van der Waals surface area contributed by atoms with Crippen molar-refractivity contribution in [1.29, 1.82) is 0 Å². The third-order valence-electron chi connectivity index (χ3n) is 5.44. The van der Waals surface area contributed by atoms with Crippen molar-refractivity contribution < 1.29 is 9.53 Å². The number of amides is 1. The number of aromatic nitrogens is 2. The lowest BCUT2D eigenvalue weighted by Gasteiger charge is -2.35. The van der Waals surface area contributed by atoms with Crippen molar-refractivity contribution >= 4 is 17.7 Å². The summed E-state index contributed by atoms with van der Waals surface area (Å²) in [5.74, 6) is 2.20. The molecule has 28 heavy (non-hydrogen) atoms. The molecule has 0 aliphatic carbocycles. The first-order valence-electron chi connectivity index (χ1n) is 10.0. The highest BCUT2D eigenvalue weighted by Gasteiger charge is 2.30.